The molecule has 7 nitrogen and oxygen atoms in total. The molecule has 10 heteroatoms. The van der Waals surface area contributed by atoms with E-state index in [-0.39, 0.29) is 5.67 Å². The summed E-state index contributed by atoms with van der Waals surface area (Å²) in [5.41, 5.74) is -0.127. The van der Waals surface area contributed by atoms with Crippen LogP contribution in [0.5, 0.6) is 0 Å². The molecule has 1 aromatic rings. The van der Waals surface area contributed by atoms with Crippen molar-refractivity contribution < 1.29 is 13.3 Å². The number of thioether (sulfide) groups is 2. The van der Waals surface area contributed by atoms with Crippen LogP contribution >= 0.6 is 23.5 Å². The van der Waals surface area contributed by atoms with Gasteiger partial charge in [0.1, 0.15) is 0 Å². The number of aromatic nitrogens is 3. The van der Waals surface area contributed by atoms with Crippen molar-refractivity contribution >= 4 is 38.3 Å². The molecule has 0 amide bonds. The standard InChI is InChI=1S/C28H56N4O3S2Si/c1-7-13-15-17-19-21-23-36-27-30-26(31-28(32-27)37-24-22-20-18-16-14-8-2)29-25(9-3)38(33-10-4,34-11-5)35-12-6/h25H,7-24H2,1-6H3,(H,29,30,31,32). The minimum atomic E-state index is -2.96. The van der Waals surface area contributed by atoms with Gasteiger partial charge in [0, 0.05) is 31.3 Å². The Morgan fingerprint density at radius 3 is 1.42 bits per heavy atom. The van der Waals surface area contributed by atoms with Gasteiger partial charge >= 0.3 is 8.80 Å². The van der Waals surface area contributed by atoms with Gasteiger partial charge in [-0.15, -0.1) is 0 Å². The molecule has 1 heterocycles. The summed E-state index contributed by atoms with van der Waals surface area (Å²) < 4.78 is 18.6. The van der Waals surface area contributed by atoms with Crippen molar-refractivity contribution in [2.45, 2.75) is 141 Å². The second-order valence-corrected chi connectivity index (χ2v) is 14.4. The summed E-state index contributed by atoms with van der Waals surface area (Å²) in [6.45, 7) is 14.2. The molecule has 222 valence electrons. The van der Waals surface area contributed by atoms with E-state index in [4.69, 9.17) is 28.2 Å². The van der Waals surface area contributed by atoms with E-state index in [1.165, 1.54) is 77.0 Å². The topological polar surface area (TPSA) is 78.4 Å². The molecule has 0 fully saturated rings. The fourth-order valence-electron chi connectivity index (χ4n) is 4.25. The maximum absolute atomic E-state index is 6.19. The van der Waals surface area contributed by atoms with E-state index < -0.39 is 8.80 Å². The number of unbranched alkanes of at least 4 members (excludes halogenated alkanes) is 10. The molecule has 1 rings (SSSR count). The molecule has 1 aromatic heterocycles. The van der Waals surface area contributed by atoms with Crippen LogP contribution in [0.25, 0.3) is 0 Å². The summed E-state index contributed by atoms with van der Waals surface area (Å²) in [5, 5.41) is 5.15. The summed E-state index contributed by atoms with van der Waals surface area (Å²) in [4.78, 5) is 14.4. The molecule has 0 saturated heterocycles. The first-order chi connectivity index (χ1) is 18.6. The Balaban J connectivity index is 2.94. The van der Waals surface area contributed by atoms with Crippen LogP contribution in [0.15, 0.2) is 10.3 Å². The summed E-state index contributed by atoms with van der Waals surface area (Å²) in [6.07, 6.45) is 16.3. The third-order valence-corrected chi connectivity index (χ3v) is 11.6. The maximum Gasteiger partial charge on any atom is 0.524 e. The van der Waals surface area contributed by atoms with E-state index in [1.54, 1.807) is 23.5 Å². The molecule has 0 aliphatic rings. The number of rotatable bonds is 26. The predicted octanol–water partition coefficient (Wildman–Crippen LogP) is 8.55. The fraction of sp³-hybridized carbons (Fsp3) is 0.893. The zero-order valence-electron chi connectivity index (χ0n) is 25.2. The first-order valence-corrected chi connectivity index (χ1v) is 19.1. The molecule has 0 aliphatic heterocycles. The molecule has 0 bridgehead atoms. The van der Waals surface area contributed by atoms with Crippen LogP contribution in [-0.4, -0.2) is 60.7 Å². The third-order valence-electron chi connectivity index (χ3n) is 6.23. The van der Waals surface area contributed by atoms with Crippen LogP contribution < -0.4 is 5.32 Å². The van der Waals surface area contributed by atoms with Gasteiger partial charge in [-0.05, 0) is 40.0 Å². The normalized spacial score (nSPS) is 12.7. The zero-order chi connectivity index (χ0) is 27.9. The first kappa shape index (κ1) is 35.6. The average Bonchev–Trinajstić information content (AvgIpc) is 2.91. The predicted molar refractivity (Wildman–Crippen MR) is 166 cm³/mol. The molecular weight excluding hydrogens is 533 g/mol. The van der Waals surface area contributed by atoms with Gasteiger partial charge in [-0.2, -0.15) is 15.0 Å². The minimum absolute atomic E-state index is 0.127. The van der Waals surface area contributed by atoms with Crippen molar-refractivity contribution in [1.29, 1.82) is 0 Å². The lowest BCUT2D eigenvalue weighted by molar-refractivity contribution is 0.0638. The van der Waals surface area contributed by atoms with E-state index >= 15 is 0 Å². The zero-order valence-corrected chi connectivity index (χ0v) is 27.8. The number of nitrogens with one attached hydrogen (secondary N) is 1. The van der Waals surface area contributed by atoms with Gasteiger partial charge in [0.2, 0.25) is 5.95 Å². The van der Waals surface area contributed by atoms with E-state index in [1.807, 2.05) is 20.8 Å². The molecular formula is C28H56N4O3S2Si. The summed E-state index contributed by atoms with van der Waals surface area (Å²) in [5.74, 6) is 2.66. The first-order valence-electron chi connectivity index (χ1n) is 15.3. The van der Waals surface area contributed by atoms with E-state index in [9.17, 15) is 0 Å². The van der Waals surface area contributed by atoms with Crippen LogP contribution in [0.3, 0.4) is 0 Å². The number of hydrogen-bond acceptors (Lipinski definition) is 9. The lowest BCUT2D eigenvalue weighted by atomic mass is 10.1. The smallest absolute Gasteiger partial charge is 0.373 e. The van der Waals surface area contributed by atoms with Gasteiger partial charge < -0.3 is 18.6 Å². The summed E-state index contributed by atoms with van der Waals surface area (Å²) in [6, 6.07) is 0. The van der Waals surface area contributed by atoms with Crippen LogP contribution in [-0.2, 0) is 13.3 Å². The van der Waals surface area contributed by atoms with Crippen molar-refractivity contribution in [3.63, 3.8) is 0 Å². The number of nitrogens with zero attached hydrogens (tertiary/aromatic N) is 3. The number of hydrogen-bond donors (Lipinski definition) is 1. The molecule has 0 saturated carbocycles. The molecule has 1 unspecified atom stereocenters. The van der Waals surface area contributed by atoms with Crippen LogP contribution in [0.1, 0.15) is 125 Å². The minimum Gasteiger partial charge on any atom is -0.373 e. The van der Waals surface area contributed by atoms with E-state index in [0.29, 0.717) is 25.8 Å². The Hall–Kier alpha value is -0.393. The van der Waals surface area contributed by atoms with Crippen molar-refractivity contribution in [3.8, 4) is 0 Å². The highest BCUT2D eigenvalue weighted by Gasteiger charge is 2.49. The molecule has 1 N–H and O–H groups in total. The van der Waals surface area contributed by atoms with Gasteiger partial charge in [-0.3, -0.25) is 0 Å². The monoisotopic (exact) mass is 588 g/mol. The Kier molecular flexibility index (Phi) is 21.9. The highest BCUT2D eigenvalue weighted by Crippen LogP contribution is 2.25. The van der Waals surface area contributed by atoms with Crippen molar-refractivity contribution in [1.82, 2.24) is 15.0 Å². The van der Waals surface area contributed by atoms with Crippen molar-refractivity contribution in [2.24, 2.45) is 0 Å². The highest BCUT2D eigenvalue weighted by atomic mass is 32.2. The van der Waals surface area contributed by atoms with Gasteiger partial charge in [0.05, 0.1) is 5.67 Å². The largest absolute Gasteiger partial charge is 0.524 e. The second-order valence-electron chi connectivity index (χ2n) is 9.46. The quantitative estimate of drug-likeness (QED) is 0.0650. The van der Waals surface area contributed by atoms with Crippen LogP contribution in [0.2, 0.25) is 0 Å². The van der Waals surface area contributed by atoms with Crippen LogP contribution in [0.4, 0.5) is 5.95 Å². The molecule has 0 radical (unpaired) electrons. The second kappa shape index (κ2) is 23.3. The molecule has 0 aromatic carbocycles. The van der Waals surface area contributed by atoms with Gasteiger partial charge in [0.15, 0.2) is 10.3 Å². The molecule has 0 spiro atoms. The van der Waals surface area contributed by atoms with Crippen molar-refractivity contribution in [2.75, 3.05) is 36.6 Å². The third kappa shape index (κ3) is 14.8. The van der Waals surface area contributed by atoms with Crippen molar-refractivity contribution in [3.05, 3.63) is 0 Å². The Morgan fingerprint density at radius 2 is 1.03 bits per heavy atom. The Morgan fingerprint density at radius 1 is 0.605 bits per heavy atom. The van der Waals surface area contributed by atoms with E-state index in [2.05, 4.69) is 26.1 Å². The fourth-order valence-corrected chi connectivity index (χ4v) is 8.84. The lowest BCUT2D eigenvalue weighted by Gasteiger charge is -2.35. The maximum atomic E-state index is 6.19. The average molecular weight is 589 g/mol. The summed E-state index contributed by atoms with van der Waals surface area (Å²) in [7, 11) is -2.96. The van der Waals surface area contributed by atoms with Gasteiger partial charge in [-0.1, -0.05) is 109 Å². The lowest BCUT2D eigenvalue weighted by Crippen LogP contribution is -2.59. The summed E-state index contributed by atoms with van der Waals surface area (Å²) >= 11 is 3.48. The van der Waals surface area contributed by atoms with E-state index in [0.717, 1.165) is 28.2 Å². The van der Waals surface area contributed by atoms with Gasteiger partial charge in [0.25, 0.3) is 0 Å². The van der Waals surface area contributed by atoms with Gasteiger partial charge in [-0.25, -0.2) is 0 Å². The number of anilines is 1. The SMILES string of the molecule is CCCCCCCCSc1nc(NC(CC)[Si](OCC)(OCC)OCC)nc(SCCCCCCCC)n1. The molecule has 0 aliphatic carbocycles. The van der Waals surface area contributed by atoms with Crippen LogP contribution in [0, 0.1) is 0 Å². The molecule has 38 heavy (non-hydrogen) atoms. The molecule has 1 atom stereocenters. The highest BCUT2D eigenvalue weighted by molar-refractivity contribution is 7.99. The Labute approximate surface area is 243 Å². The Bertz CT molecular complexity index is 653.